The molecule has 150 valence electrons. The number of halogens is 2. The van der Waals surface area contributed by atoms with Gasteiger partial charge in [-0.25, -0.2) is 0 Å². The van der Waals surface area contributed by atoms with Crippen LogP contribution in [0.1, 0.15) is 24.0 Å². The number of hydrogen-bond acceptors (Lipinski definition) is 4. The summed E-state index contributed by atoms with van der Waals surface area (Å²) in [6, 6.07) is 16.4. The van der Waals surface area contributed by atoms with Gasteiger partial charge in [-0.15, -0.1) is 24.8 Å². The Morgan fingerprint density at radius 1 is 0.963 bits per heavy atom. The molecule has 4 nitrogen and oxygen atoms in total. The number of piperidine rings is 1. The lowest BCUT2D eigenvalue weighted by atomic mass is 9.98. The van der Waals surface area contributed by atoms with Crippen LogP contribution < -0.4 is 20.1 Å². The molecule has 0 radical (unpaired) electrons. The maximum atomic E-state index is 5.92. The molecule has 0 aromatic heterocycles. The second-order valence-electron chi connectivity index (χ2n) is 6.58. The fourth-order valence-corrected chi connectivity index (χ4v) is 3.18. The van der Waals surface area contributed by atoms with Gasteiger partial charge in [0.2, 0.25) is 0 Å². The molecule has 1 fully saturated rings. The van der Waals surface area contributed by atoms with E-state index in [1.165, 1.54) is 18.4 Å². The summed E-state index contributed by atoms with van der Waals surface area (Å²) < 4.78 is 11.4. The molecule has 0 amide bonds. The third kappa shape index (κ3) is 7.59. The van der Waals surface area contributed by atoms with E-state index in [1.807, 2.05) is 24.3 Å². The van der Waals surface area contributed by atoms with E-state index in [4.69, 9.17) is 9.47 Å². The van der Waals surface area contributed by atoms with Crippen LogP contribution in [0.5, 0.6) is 11.5 Å². The van der Waals surface area contributed by atoms with Gasteiger partial charge in [-0.3, -0.25) is 0 Å². The van der Waals surface area contributed by atoms with Crippen molar-refractivity contribution >= 4 is 24.8 Å². The van der Waals surface area contributed by atoms with Gasteiger partial charge >= 0.3 is 0 Å². The van der Waals surface area contributed by atoms with Crippen LogP contribution in [-0.4, -0.2) is 26.7 Å². The van der Waals surface area contributed by atoms with Crippen LogP contribution in [0.3, 0.4) is 0 Å². The Balaban J connectivity index is 0.00000182. The highest BCUT2D eigenvalue weighted by Crippen LogP contribution is 2.29. The Labute approximate surface area is 174 Å². The van der Waals surface area contributed by atoms with Crippen molar-refractivity contribution in [3.63, 3.8) is 0 Å². The van der Waals surface area contributed by atoms with E-state index in [2.05, 4.69) is 34.9 Å². The normalized spacial score (nSPS) is 14.0. The third-order valence-electron chi connectivity index (χ3n) is 4.69. The summed E-state index contributed by atoms with van der Waals surface area (Å²) in [7, 11) is 1.69. The summed E-state index contributed by atoms with van der Waals surface area (Å²) in [5.74, 6) is 2.36. The van der Waals surface area contributed by atoms with Gasteiger partial charge in [-0.2, -0.15) is 0 Å². The number of ether oxygens (including phenoxy) is 2. The first-order valence-electron chi connectivity index (χ1n) is 9.10. The molecule has 1 saturated heterocycles. The van der Waals surface area contributed by atoms with Crippen LogP contribution in [0.4, 0.5) is 0 Å². The predicted molar refractivity (Wildman–Crippen MR) is 116 cm³/mol. The van der Waals surface area contributed by atoms with E-state index in [9.17, 15) is 0 Å². The minimum Gasteiger partial charge on any atom is -0.493 e. The highest BCUT2D eigenvalue weighted by atomic mass is 35.5. The predicted octanol–water partition coefficient (Wildman–Crippen LogP) is 4.21. The molecule has 0 atom stereocenters. The molecule has 2 aromatic carbocycles. The van der Waals surface area contributed by atoms with Crippen molar-refractivity contribution in [1.29, 1.82) is 0 Å². The summed E-state index contributed by atoms with van der Waals surface area (Å²) in [4.78, 5) is 0. The van der Waals surface area contributed by atoms with Gasteiger partial charge in [-0.1, -0.05) is 36.4 Å². The average Bonchev–Trinajstić information content (AvgIpc) is 2.68. The third-order valence-corrected chi connectivity index (χ3v) is 4.69. The van der Waals surface area contributed by atoms with E-state index < -0.39 is 0 Å². The lowest BCUT2D eigenvalue weighted by Gasteiger charge is -2.22. The van der Waals surface area contributed by atoms with E-state index in [1.54, 1.807) is 7.11 Å². The Morgan fingerprint density at radius 2 is 1.70 bits per heavy atom. The minimum atomic E-state index is 0. The SMILES string of the molecule is COc1cc(CNCC2CCNCC2)ccc1OCc1ccccc1.Cl.Cl. The molecule has 0 saturated carbocycles. The molecule has 6 heteroatoms. The van der Waals surface area contributed by atoms with Gasteiger partial charge in [0, 0.05) is 6.54 Å². The first kappa shape index (κ1) is 23.6. The van der Waals surface area contributed by atoms with Crippen molar-refractivity contribution < 1.29 is 9.47 Å². The highest BCUT2D eigenvalue weighted by Gasteiger charge is 2.12. The van der Waals surface area contributed by atoms with Gasteiger partial charge in [0.15, 0.2) is 11.5 Å². The van der Waals surface area contributed by atoms with E-state index in [0.717, 1.165) is 49.2 Å². The molecule has 3 rings (SSSR count). The number of benzene rings is 2. The van der Waals surface area contributed by atoms with Crippen LogP contribution in [-0.2, 0) is 13.2 Å². The second kappa shape index (κ2) is 12.8. The Hall–Kier alpha value is -1.46. The van der Waals surface area contributed by atoms with Gasteiger partial charge in [0.1, 0.15) is 6.61 Å². The largest absolute Gasteiger partial charge is 0.493 e. The molecular formula is C21H30Cl2N2O2. The monoisotopic (exact) mass is 412 g/mol. The Bertz CT molecular complexity index is 650. The van der Waals surface area contributed by atoms with Gasteiger partial charge in [0.25, 0.3) is 0 Å². The van der Waals surface area contributed by atoms with Crippen LogP contribution in [0.15, 0.2) is 48.5 Å². The standard InChI is InChI=1S/C21H28N2O2.2ClH/c1-24-21-13-19(15-23-14-17-9-11-22-12-10-17)7-8-20(21)25-16-18-5-3-2-4-6-18;;/h2-8,13,17,22-23H,9-12,14-16H2,1H3;2*1H. The van der Waals surface area contributed by atoms with Gasteiger partial charge < -0.3 is 20.1 Å². The molecule has 27 heavy (non-hydrogen) atoms. The van der Waals surface area contributed by atoms with Crippen molar-refractivity contribution in [2.75, 3.05) is 26.7 Å². The molecule has 0 aliphatic carbocycles. The van der Waals surface area contributed by atoms with Crippen molar-refractivity contribution in [3.8, 4) is 11.5 Å². The van der Waals surface area contributed by atoms with Crippen molar-refractivity contribution in [3.05, 3.63) is 59.7 Å². The second-order valence-corrected chi connectivity index (χ2v) is 6.58. The maximum absolute atomic E-state index is 5.92. The fourth-order valence-electron chi connectivity index (χ4n) is 3.18. The maximum Gasteiger partial charge on any atom is 0.161 e. The Kier molecular flexibility index (Phi) is 11.2. The zero-order chi connectivity index (χ0) is 17.3. The summed E-state index contributed by atoms with van der Waals surface area (Å²) in [6.45, 7) is 4.78. The molecule has 1 aliphatic heterocycles. The zero-order valence-corrected chi connectivity index (χ0v) is 17.4. The number of hydrogen-bond donors (Lipinski definition) is 2. The van der Waals surface area contributed by atoms with E-state index >= 15 is 0 Å². The molecule has 1 heterocycles. The minimum absolute atomic E-state index is 0. The van der Waals surface area contributed by atoms with Gasteiger partial charge in [-0.05, 0) is 61.7 Å². The van der Waals surface area contributed by atoms with Crippen molar-refractivity contribution in [1.82, 2.24) is 10.6 Å². The van der Waals surface area contributed by atoms with Crippen LogP contribution in [0, 0.1) is 5.92 Å². The summed E-state index contributed by atoms with van der Waals surface area (Å²) in [6.07, 6.45) is 2.53. The summed E-state index contributed by atoms with van der Waals surface area (Å²) in [5.41, 5.74) is 2.37. The molecule has 0 spiro atoms. The lowest BCUT2D eigenvalue weighted by Crippen LogP contribution is -2.33. The lowest BCUT2D eigenvalue weighted by molar-refractivity contribution is 0.284. The molecule has 0 unspecified atom stereocenters. The van der Waals surface area contributed by atoms with E-state index in [0.29, 0.717) is 6.61 Å². The molecule has 2 N–H and O–H groups in total. The summed E-state index contributed by atoms with van der Waals surface area (Å²) in [5, 5.41) is 6.99. The smallest absolute Gasteiger partial charge is 0.161 e. The van der Waals surface area contributed by atoms with Crippen LogP contribution >= 0.6 is 24.8 Å². The van der Waals surface area contributed by atoms with E-state index in [-0.39, 0.29) is 24.8 Å². The fraction of sp³-hybridized carbons (Fsp3) is 0.429. The molecule has 1 aliphatic rings. The number of methoxy groups -OCH3 is 1. The first-order valence-corrected chi connectivity index (χ1v) is 9.10. The highest BCUT2D eigenvalue weighted by molar-refractivity contribution is 5.85. The molecular weight excluding hydrogens is 383 g/mol. The van der Waals surface area contributed by atoms with Gasteiger partial charge in [0.05, 0.1) is 7.11 Å². The Morgan fingerprint density at radius 3 is 2.41 bits per heavy atom. The number of nitrogens with one attached hydrogen (secondary N) is 2. The molecule has 2 aromatic rings. The number of rotatable bonds is 8. The van der Waals surface area contributed by atoms with Crippen molar-refractivity contribution in [2.24, 2.45) is 5.92 Å². The topological polar surface area (TPSA) is 42.5 Å². The van der Waals surface area contributed by atoms with Crippen molar-refractivity contribution in [2.45, 2.75) is 26.0 Å². The summed E-state index contributed by atoms with van der Waals surface area (Å²) >= 11 is 0. The van der Waals surface area contributed by atoms with Crippen LogP contribution in [0.25, 0.3) is 0 Å². The average molecular weight is 413 g/mol. The first-order chi connectivity index (χ1) is 12.3. The van der Waals surface area contributed by atoms with Crippen LogP contribution in [0.2, 0.25) is 0 Å². The molecule has 0 bridgehead atoms. The quantitative estimate of drug-likeness (QED) is 0.681. The zero-order valence-electron chi connectivity index (χ0n) is 15.8.